The van der Waals surface area contributed by atoms with Gasteiger partial charge in [-0.15, -0.1) is 0 Å². The van der Waals surface area contributed by atoms with Gasteiger partial charge in [0.1, 0.15) is 0 Å². The van der Waals surface area contributed by atoms with Crippen LogP contribution in [0.2, 0.25) is 0 Å². The van der Waals surface area contributed by atoms with Crippen molar-refractivity contribution >= 4 is 25.6 Å². The van der Waals surface area contributed by atoms with E-state index in [9.17, 15) is 31.8 Å². The summed E-state index contributed by atoms with van der Waals surface area (Å²) >= 11 is 0. The molecule has 8 nitrogen and oxygen atoms in total. The molecule has 252 valence electrons. The van der Waals surface area contributed by atoms with Gasteiger partial charge in [0.05, 0.1) is 29.1 Å². The fourth-order valence-electron chi connectivity index (χ4n) is 7.07. The Balaban J connectivity index is 1.74. The van der Waals surface area contributed by atoms with Crippen molar-refractivity contribution in [2.24, 2.45) is 23.2 Å². The summed E-state index contributed by atoms with van der Waals surface area (Å²) in [6.07, 6.45) is 6.74. The molecule has 0 saturated heterocycles. The predicted octanol–water partition coefficient (Wildman–Crippen LogP) is 6.05. The molecule has 10 heteroatoms. The molecule has 5 atom stereocenters. The summed E-state index contributed by atoms with van der Waals surface area (Å²) in [4.78, 5) is 12.1. The van der Waals surface area contributed by atoms with Gasteiger partial charge >= 0.3 is 5.97 Å². The minimum Gasteiger partial charge on any atom is -0.469 e. The molecule has 4 rings (SSSR count). The molecule has 2 aliphatic rings. The molecule has 2 aromatic rings. The number of carbonyl (C=O) groups is 1. The highest BCUT2D eigenvalue weighted by molar-refractivity contribution is 8.10. The lowest BCUT2D eigenvalue weighted by atomic mass is 9.80. The monoisotopic (exact) mass is 672 g/mol. The van der Waals surface area contributed by atoms with Crippen LogP contribution in [0.3, 0.4) is 0 Å². The number of aliphatic hydroxyl groups excluding tert-OH is 2. The Morgan fingerprint density at radius 1 is 0.978 bits per heavy atom. The first-order chi connectivity index (χ1) is 21.7. The quantitative estimate of drug-likeness (QED) is 0.173. The van der Waals surface area contributed by atoms with Crippen molar-refractivity contribution in [3.05, 3.63) is 84.5 Å². The summed E-state index contributed by atoms with van der Waals surface area (Å²) in [5, 5.41) is 22.0. The Kier molecular flexibility index (Phi) is 11.4. The first-order valence-electron chi connectivity index (χ1n) is 16.1. The topological polar surface area (TPSA) is 135 Å². The number of aliphatic hydroxyl groups is 2. The van der Waals surface area contributed by atoms with Crippen LogP contribution in [0.15, 0.2) is 94.3 Å². The van der Waals surface area contributed by atoms with E-state index in [1.165, 1.54) is 31.4 Å². The molecule has 0 heterocycles. The summed E-state index contributed by atoms with van der Waals surface area (Å²) in [6.45, 7) is 6.16. The molecule has 1 fully saturated rings. The molecule has 46 heavy (non-hydrogen) atoms. The molecule has 2 aromatic carbocycles. The van der Waals surface area contributed by atoms with E-state index in [2.05, 4.69) is 6.92 Å². The molecule has 0 aliphatic heterocycles. The maximum absolute atomic E-state index is 14.6. The van der Waals surface area contributed by atoms with Crippen LogP contribution in [-0.4, -0.2) is 56.4 Å². The minimum absolute atomic E-state index is 0.0793. The molecule has 0 aromatic heterocycles. The second-order valence-electron chi connectivity index (χ2n) is 13.5. The van der Waals surface area contributed by atoms with Crippen LogP contribution in [0.5, 0.6) is 0 Å². The number of esters is 1. The van der Waals surface area contributed by atoms with Crippen molar-refractivity contribution in [1.29, 1.82) is 0 Å². The second kappa shape index (κ2) is 14.5. The number of carbonyl (C=O) groups excluding carboxylic acids is 1. The zero-order chi connectivity index (χ0) is 33.8. The fourth-order valence-corrected chi connectivity index (χ4v) is 12.2. The van der Waals surface area contributed by atoms with Gasteiger partial charge in [0.2, 0.25) is 0 Å². The summed E-state index contributed by atoms with van der Waals surface area (Å²) < 4.78 is 61.0. The number of fused-ring (bicyclic) bond motifs is 1. The lowest BCUT2D eigenvalue weighted by Gasteiger charge is -2.34. The number of allylic oxidation sites excluding steroid dienone is 2. The zero-order valence-corrected chi connectivity index (χ0v) is 28.8. The van der Waals surface area contributed by atoms with Crippen molar-refractivity contribution in [3.8, 4) is 0 Å². The lowest BCUT2D eigenvalue weighted by Crippen LogP contribution is -2.47. The number of benzene rings is 2. The molecule has 1 saturated carbocycles. The van der Waals surface area contributed by atoms with Gasteiger partial charge in [-0.3, -0.25) is 4.79 Å². The third-order valence-corrected chi connectivity index (χ3v) is 15.7. The number of hydrogen-bond acceptors (Lipinski definition) is 8. The first-order valence-corrected chi connectivity index (χ1v) is 19.1. The number of ether oxygens (including phenoxy) is 1. The van der Waals surface area contributed by atoms with Gasteiger partial charge in [0, 0.05) is 18.8 Å². The van der Waals surface area contributed by atoms with Crippen LogP contribution >= 0.6 is 0 Å². The minimum atomic E-state index is -4.59. The molecule has 2 aliphatic carbocycles. The number of sulfone groups is 2. The number of methoxy groups -OCH3 is 1. The Bertz CT molecular complexity index is 1540. The Labute approximate surface area is 274 Å². The molecule has 0 amide bonds. The van der Waals surface area contributed by atoms with E-state index >= 15 is 0 Å². The molecule has 0 spiro atoms. The number of hydrogen-bond donors (Lipinski definition) is 2. The van der Waals surface area contributed by atoms with Crippen LogP contribution in [0, 0.1) is 23.2 Å². The van der Waals surface area contributed by atoms with Crippen LogP contribution in [0.25, 0.3) is 0 Å². The van der Waals surface area contributed by atoms with Crippen LogP contribution in [0.1, 0.15) is 72.1 Å². The van der Waals surface area contributed by atoms with Gasteiger partial charge in [-0.2, -0.15) is 0 Å². The SMILES string of the molecule is CCCCC(C)(C)[C@@H](O)/C=C/[C@H]1[C@H]2CC(CC(CCC(=O)OC)(S(=O)(=O)c3ccccc3)S(=O)(=O)c3ccccc3)=C[C@H]2C[C@H]1O. The standard InChI is InChI=1S/C36H48O8S2/c1-5-6-20-35(2,3)33(38)18-17-30-31-23-26(22-27(31)24-32(30)37)25-36(21-19-34(39)44-4,45(40,41)28-13-9-7-10-14-28)46(42,43)29-15-11-8-12-16-29/h7-18,22,27,30-33,37-38H,5-6,19-21,23-25H2,1-4H3/b18-17+/t27-,30-,31-,32+,33-/m0/s1. The van der Waals surface area contributed by atoms with Crippen molar-refractivity contribution in [2.75, 3.05) is 7.11 Å². The van der Waals surface area contributed by atoms with E-state index in [0.717, 1.165) is 19.3 Å². The fraction of sp³-hybridized carbons (Fsp3) is 0.528. The third kappa shape index (κ3) is 7.20. The Hall–Kier alpha value is -2.79. The summed E-state index contributed by atoms with van der Waals surface area (Å²) in [6, 6.07) is 15.0. The van der Waals surface area contributed by atoms with Crippen molar-refractivity contribution in [3.63, 3.8) is 0 Å². The summed E-state index contributed by atoms with van der Waals surface area (Å²) in [5.41, 5.74) is 0.332. The number of rotatable bonds is 15. The zero-order valence-electron chi connectivity index (χ0n) is 27.2. The molecule has 0 unspecified atom stereocenters. The first kappa shape index (κ1) is 36.1. The van der Waals surface area contributed by atoms with Crippen LogP contribution in [-0.2, 0) is 29.2 Å². The Morgan fingerprint density at radius 3 is 2.07 bits per heavy atom. The molecule has 0 bridgehead atoms. The van der Waals surface area contributed by atoms with Crippen molar-refractivity contribution in [1.82, 2.24) is 0 Å². The van der Waals surface area contributed by atoms with Gasteiger partial charge in [-0.25, -0.2) is 16.8 Å². The highest BCUT2D eigenvalue weighted by Gasteiger charge is 2.57. The van der Waals surface area contributed by atoms with Gasteiger partial charge in [-0.1, -0.05) is 93.8 Å². The number of unbranched alkanes of at least 4 members (excludes halogenated alkanes) is 1. The highest BCUT2D eigenvalue weighted by Crippen LogP contribution is 2.52. The van der Waals surface area contributed by atoms with E-state index in [1.54, 1.807) is 42.5 Å². The largest absolute Gasteiger partial charge is 0.469 e. The highest BCUT2D eigenvalue weighted by atomic mass is 32.3. The average molecular weight is 673 g/mol. The molecule has 2 N–H and O–H groups in total. The van der Waals surface area contributed by atoms with E-state index in [0.29, 0.717) is 18.4 Å². The van der Waals surface area contributed by atoms with Crippen LogP contribution < -0.4 is 0 Å². The van der Waals surface area contributed by atoms with E-state index in [-0.39, 0.29) is 39.4 Å². The van der Waals surface area contributed by atoms with E-state index in [4.69, 9.17) is 4.74 Å². The second-order valence-corrected chi connectivity index (χ2v) is 18.2. The maximum atomic E-state index is 14.6. The maximum Gasteiger partial charge on any atom is 0.305 e. The van der Waals surface area contributed by atoms with E-state index < -0.39 is 54.8 Å². The summed E-state index contributed by atoms with van der Waals surface area (Å²) in [7, 11) is -7.99. The third-order valence-electron chi connectivity index (χ3n) is 9.96. The van der Waals surface area contributed by atoms with E-state index in [1.807, 2.05) is 26.0 Å². The predicted molar refractivity (Wildman–Crippen MR) is 178 cm³/mol. The molecular formula is C36H48O8S2. The Morgan fingerprint density at radius 2 is 1.54 bits per heavy atom. The molecule has 0 radical (unpaired) electrons. The smallest absolute Gasteiger partial charge is 0.305 e. The normalized spacial score (nSPS) is 22.9. The van der Waals surface area contributed by atoms with Crippen molar-refractivity contribution in [2.45, 2.75) is 98.2 Å². The van der Waals surface area contributed by atoms with Gasteiger partial charge in [0.25, 0.3) is 0 Å². The lowest BCUT2D eigenvalue weighted by molar-refractivity contribution is -0.140. The molecular weight excluding hydrogens is 625 g/mol. The average Bonchev–Trinajstić information content (AvgIpc) is 3.56. The van der Waals surface area contributed by atoms with Gasteiger partial charge in [0.15, 0.2) is 23.8 Å². The summed E-state index contributed by atoms with van der Waals surface area (Å²) in [5.74, 6) is -1.15. The van der Waals surface area contributed by atoms with Crippen molar-refractivity contribution < 1.29 is 36.6 Å². The van der Waals surface area contributed by atoms with Gasteiger partial charge in [-0.05, 0) is 67.2 Å². The van der Waals surface area contributed by atoms with Gasteiger partial charge < -0.3 is 14.9 Å². The van der Waals surface area contributed by atoms with Crippen LogP contribution in [0.4, 0.5) is 0 Å².